The summed E-state index contributed by atoms with van der Waals surface area (Å²) in [4.78, 5) is 14.4. The lowest BCUT2D eigenvalue weighted by molar-refractivity contribution is -0.120. The first-order valence-electron chi connectivity index (χ1n) is 3.51. The minimum atomic E-state index is -0.704. The highest BCUT2D eigenvalue weighted by molar-refractivity contribution is 5.85. The zero-order valence-corrected chi connectivity index (χ0v) is 7.11. The number of primary amides is 1. The van der Waals surface area contributed by atoms with Crippen molar-refractivity contribution in [3.8, 4) is 0 Å². The van der Waals surface area contributed by atoms with Crippen molar-refractivity contribution in [2.45, 2.75) is 19.9 Å². The van der Waals surface area contributed by atoms with Crippen LogP contribution in [0.5, 0.6) is 0 Å². The Hall–Kier alpha value is -1.30. The molecule has 0 aromatic rings. The predicted octanol–water partition coefficient (Wildman–Crippen LogP) is -1.21. The summed E-state index contributed by atoms with van der Waals surface area (Å²) in [6.45, 7) is 3.56. The Morgan fingerprint density at radius 3 is 2.25 bits per heavy atom. The number of rotatable bonds is 3. The molecule has 6 N–H and O–H groups in total. The molecular weight excluding hydrogens is 160 g/mol. The van der Waals surface area contributed by atoms with Gasteiger partial charge in [-0.25, -0.2) is 10.5 Å². The van der Waals surface area contributed by atoms with E-state index in [-0.39, 0.29) is 11.9 Å². The number of guanidine groups is 1. The highest BCUT2D eigenvalue weighted by atomic mass is 16.5. The molecule has 0 aliphatic carbocycles. The Labute approximate surface area is 70.6 Å². The van der Waals surface area contributed by atoms with Crippen LogP contribution in [-0.2, 0) is 4.79 Å². The fourth-order valence-electron chi connectivity index (χ4n) is 0.720. The van der Waals surface area contributed by atoms with Gasteiger partial charge in [-0.3, -0.25) is 10.0 Å². The number of carbonyl (C=O) groups is 1. The first kappa shape index (κ1) is 10.7. The maximum Gasteiger partial charge on any atom is 0.242 e. The van der Waals surface area contributed by atoms with Crippen molar-refractivity contribution >= 4 is 11.9 Å². The van der Waals surface area contributed by atoms with Gasteiger partial charge in [0, 0.05) is 0 Å². The van der Waals surface area contributed by atoms with Crippen molar-refractivity contribution in [2.24, 2.45) is 22.4 Å². The van der Waals surface area contributed by atoms with Crippen LogP contribution in [0, 0.1) is 5.92 Å². The fourth-order valence-corrected chi connectivity index (χ4v) is 0.720. The van der Waals surface area contributed by atoms with Crippen molar-refractivity contribution in [2.75, 3.05) is 0 Å². The molecule has 70 valence electrons. The second kappa shape index (κ2) is 4.55. The highest BCUT2D eigenvalue weighted by Crippen LogP contribution is 2.04. The number of aliphatic imine (C=N–C) groups is 1. The summed E-state index contributed by atoms with van der Waals surface area (Å²) in [6.07, 6.45) is 0. The van der Waals surface area contributed by atoms with Gasteiger partial charge in [-0.15, -0.1) is 0 Å². The van der Waals surface area contributed by atoms with Gasteiger partial charge < -0.3 is 11.5 Å². The maximum absolute atomic E-state index is 10.7. The molecule has 0 heterocycles. The number of nitrogens with two attached hydrogens (primary N) is 2. The molecule has 6 nitrogen and oxygen atoms in total. The molecule has 12 heavy (non-hydrogen) atoms. The van der Waals surface area contributed by atoms with Gasteiger partial charge in [-0.1, -0.05) is 13.8 Å². The predicted molar refractivity (Wildman–Crippen MR) is 44.4 cm³/mol. The average molecular weight is 174 g/mol. The summed E-state index contributed by atoms with van der Waals surface area (Å²) in [5.41, 5.74) is 11.8. The number of nitrogens with zero attached hydrogens (tertiary/aromatic N) is 1. The monoisotopic (exact) mass is 174 g/mol. The van der Waals surface area contributed by atoms with Crippen LogP contribution >= 0.6 is 0 Å². The lowest BCUT2D eigenvalue weighted by Crippen LogP contribution is -2.37. The average Bonchev–Trinajstić information content (AvgIpc) is 1.98. The lowest BCUT2D eigenvalue weighted by atomic mass is 10.1. The first-order valence-corrected chi connectivity index (χ1v) is 3.51. The van der Waals surface area contributed by atoms with Crippen molar-refractivity contribution in [1.82, 2.24) is 5.48 Å². The van der Waals surface area contributed by atoms with Gasteiger partial charge in [-0.05, 0) is 5.92 Å². The molecule has 0 fully saturated rings. The Morgan fingerprint density at radius 2 is 2.00 bits per heavy atom. The van der Waals surface area contributed by atoms with Gasteiger partial charge in [0.1, 0.15) is 6.04 Å². The summed E-state index contributed by atoms with van der Waals surface area (Å²) < 4.78 is 0. The normalized spacial score (nSPS) is 14.5. The maximum atomic E-state index is 10.7. The van der Waals surface area contributed by atoms with Gasteiger partial charge in [0.05, 0.1) is 0 Å². The minimum absolute atomic E-state index is 0.0469. The second-order valence-corrected chi connectivity index (χ2v) is 2.72. The van der Waals surface area contributed by atoms with E-state index in [1.807, 2.05) is 0 Å². The Kier molecular flexibility index (Phi) is 4.06. The Morgan fingerprint density at radius 1 is 1.50 bits per heavy atom. The summed E-state index contributed by atoms with van der Waals surface area (Å²) in [5.74, 6) is -0.829. The van der Waals surface area contributed by atoms with E-state index in [1.54, 1.807) is 19.3 Å². The molecular formula is C6H14N4O2. The van der Waals surface area contributed by atoms with Crippen molar-refractivity contribution in [3.05, 3.63) is 0 Å². The molecule has 0 aromatic heterocycles. The van der Waals surface area contributed by atoms with E-state index in [9.17, 15) is 4.79 Å². The van der Waals surface area contributed by atoms with Crippen LogP contribution in [0.3, 0.4) is 0 Å². The van der Waals surface area contributed by atoms with E-state index < -0.39 is 11.9 Å². The van der Waals surface area contributed by atoms with Crippen molar-refractivity contribution in [3.63, 3.8) is 0 Å². The lowest BCUT2D eigenvalue weighted by Gasteiger charge is -2.12. The quantitative estimate of drug-likeness (QED) is 0.244. The summed E-state index contributed by atoms with van der Waals surface area (Å²) in [7, 11) is 0. The SMILES string of the molecule is CC(C)C(N=C(N)NO)C(N)=O. The van der Waals surface area contributed by atoms with Crippen molar-refractivity contribution in [1.29, 1.82) is 0 Å². The molecule has 0 bridgehead atoms. The molecule has 0 rings (SSSR count). The number of carbonyl (C=O) groups excluding carboxylic acids is 1. The molecule has 0 aromatic carbocycles. The molecule has 0 saturated carbocycles. The van der Waals surface area contributed by atoms with Gasteiger partial charge in [0.25, 0.3) is 0 Å². The molecule has 1 atom stereocenters. The fraction of sp³-hybridized carbons (Fsp3) is 0.667. The van der Waals surface area contributed by atoms with Crippen LogP contribution < -0.4 is 16.9 Å². The largest absolute Gasteiger partial charge is 0.368 e. The molecule has 0 spiro atoms. The zero-order chi connectivity index (χ0) is 9.72. The number of amides is 1. The van der Waals surface area contributed by atoms with E-state index in [0.717, 1.165) is 0 Å². The van der Waals surface area contributed by atoms with Crippen LogP contribution in [-0.4, -0.2) is 23.1 Å². The number of hydrogen-bond donors (Lipinski definition) is 4. The summed E-state index contributed by atoms with van der Waals surface area (Å²) in [5, 5.41) is 8.29. The van der Waals surface area contributed by atoms with Crippen LogP contribution in [0.2, 0.25) is 0 Å². The number of hydrogen-bond acceptors (Lipinski definition) is 3. The first-order chi connectivity index (χ1) is 5.49. The number of hydroxylamine groups is 1. The van der Waals surface area contributed by atoms with Crippen LogP contribution in [0.4, 0.5) is 0 Å². The highest BCUT2D eigenvalue weighted by Gasteiger charge is 2.18. The van der Waals surface area contributed by atoms with Gasteiger partial charge in [0.2, 0.25) is 11.9 Å². The van der Waals surface area contributed by atoms with E-state index in [0.29, 0.717) is 0 Å². The standard InChI is InChI=1S/C6H14N4O2/c1-3(2)4(5(7)11)9-6(8)10-12/h3-4,12H,1-2H3,(H2,7,11)(H3,8,9,10). The van der Waals surface area contributed by atoms with E-state index in [4.69, 9.17) is 16.7 Å². The molecule has 0 radical (unpaired) electrons. The Bertz CT molecular complexity index is 190. The van der Waals surface area contributed by atoms with Crippen LogP contribution in [0.1, 0.15) is 13.8 Å². The third-order valence-corrected chi connectivity index (χ3v) is 1.32. The topological polar surface area (TPSA) is 114 Å². The Balaban J connectivity index is 4.43. The molecule has 0 aliphatic rings. The van der Waals surface area contributed by atoms with Gasteiger partial charge in [0.15, 0.2) is 0 Å². The third kappa shape index (κ3) is 3.20. The molecule has 1 unspecified atom stereocenters. The second-order valence-electron chi connectivity index (χ2n) is 2.72. The summed E-state index contributed by atoms with van der Waals surface area (Å²) >= 11 is 0. The van der Waals surface area contributed by atoms with Crippen LogP contribution in [0.25, 0.3) is 0 Å². The molecule has 0 saturated heterocycles. The van der Waals surface area contributed by atoms with Gasteiger partial charge in [-0.2, -0.15) is 0 Å². The smallest absolute Gasteiger partial charge is 0.242 e. The van der Waals surface area contributed by atoms with E-state index >= 15 is 0 Å². The van der Waals surface area contributed by atoms with Crippen molar-refractivity contribution < 1.29 is 10.0 Å². The number of nitrogens with one attached hydrogen (secondary N) is 1. The van der Waals surface area contributed by atoms with Crippen LogP contribution in [0.15, 0.2) is 4.99 Å². The molecule has 0 aliphatic heterocycles. The zero-order valence-electron chi connectivity index (χ0n) is 7.11. The van der Waals surface area contributed by atoms with Gasteiger partial charge >= 0.3 is 0 Å². The van der Waals surface area contributed by atoms with E-state index in [1.165, 1.54) is 0 Å². The van der Waals surface area contributed by atoms with E-state index in [2.05, 4.69) is 4.99 Å². The summed E-state index contributed by atoms with van der Waals surface area (Å²) in [6, 6.07) is -0.704. The molecule has 1 amide bonds. The minimum Gasteiger partial charge on any atom is -0.368 e. The third-order valence-electron chi connectivity index (χ3n) is 1.32. The molecule has 6 heteroatoms.